The van der Waals surface area contributed by atoms with E-state index in [1.807, 2.05) is 0 Å². The summed E-state index contributed by atoms with van der Waals surface area (Å²) in [5, 5.41) is 19.3. The van der Waals surface area contributed by atoms with Crippen LogP contribution in [0.4, 0.5) is 0 Å². The average Bonchev–Trinajstić information content (AvgIpc) is 2.71. The molecule has 0 bridgehead atoms. The molecule has 0 unspecified atom stereocenters. The Morgan fingerprint density at radius 3 is 3.00 bits per heavy atom. The van der Waals surface area contributed by atoms with Crippen LogP contribution in [0.2, 0.25) is 0 Å². The largest absolute Gasteiger partial charge is 0.427 e. The monoisotopic (exact) mass is 282 g/mol. The fraction of sp³-hybridized carbons (Fsp3) is 0.875. The van der Waals surface area contributed by atoms with Gasteiger partial charge in [-0.05, 0) is 0 Å². The first kappa shape index (κ1) is 11.3. The lowest BCUT2D eigenvalue weighted by molar-refractivity contribution is -0.235. The Labute approximate surface area is 94.2 Å². The molecule has 2 saturated heterocycles. The molecule has 2 fully saturated rings. The second kappa shape index (κ2) is 3.99. The minimum absolute atomic E-state index is 0.0186. The van der Waals surface area contributed by atoms with E-state index in [-0.39, 0.29) is 18.5 Å². The van der Waals surface area contributed by atoms with Crippen LogP contribution >= 0.6 is 15.9 Å². The smallest absolute Gasteiger partial charge is 0.319 e. The molecule has 0 radical (unpaired) electrons. The van der Waals surface area contributed by atoms with Crippen molar-refractivity contribution in [1.82, 2.24) is 0 Å². The third-order valence-corrected chi connectivity index (χ3v) is 2.91. The van der Waals surface area contributed by atoms with Crippen LogP contribution in [0.1, 0.15) is 0 Å². The number of carbonyl (C=O) groups is 1. The number of hydrogen-bond donors (Lipinski definition) is 2. The van der Waals surface area contributed by atoms with Gasteiger partial charge in [-0.15, -0.1) is 0 Å². The van der Waals surface area contributed by atoms with E-state index in [4.69, 9.17) is 14.2 Å². The summed E-state index contributed by atoms with van der Waals surface area (Å²) < 4.78 is 15.1. The molecular formula is C8H11BrO6. The molecular weight excluding hydrogens is 272 g/mol. The molecule has 2 N–H and O–H groups in total. The van der Waals surface area contributed by atoms with Crippen LogP contribution in [-0.4, -0.2) is 58.8 Å². The van der Waals surface area contributed by atoms with E-state index in [2.05, 4.69) is 15.9 Å². The van der Waals surface area contributed by atoms with Gasteiger partial charge in [0.05, 0.1) is 6.61 Å². The summed E-state index contributed by atoms with van der Waals surface area (Å²) in [6.45, 7) is -0.109. The van der Waals surface area contributed by atoms with Crippen LogP contribution in [0.3, 0.4) is 0 Å². The van der Waals surface area contributed by atoms with Crippen molar-refractivity contribution in [1.29, 1.82) is 0 Å². The van der Waals surface area contributed by atoms with Crippen molar-refractivity contribution >= 4 is 21.9 Å². The molecule has 0 aromatic rings. The lowest BCUT2D eigenvalue weighted by atomic mass is 10.1. The fourth-order valence-electron chi connectivity index (χ4n) is 1.79. The van der Waals surface area contributed by atoms with Crippen LogP contribution < -0.4 is 0 Å². The van der Waals surface area contributed by atoms with E-state index in [0.717, 1.165) is 0 Å². The number of ether oxygens (including phenoxy) is 3. The van der Waals surface area contributed by atoms with Crippen molar-refractivity contribution in [2.75, 3.05) is 18.5 Å². The van der Waals surface area contributed by atoms with Crippen LogP contribution in [0.25, 0.3) is 0 Å². The Bertz CT molecular complexity index is 272. The minimum Gasteiger partial charge on any atom is -0.427 e. The molecule has 4 atom stereocenters. The molecule has 0 amide bonds. The molecule has 7 heteroatoms. The summed E-state index contributed by atoms with van der Waals surface area (Å²) in [6, 6.07) is 0. The van der Waals surface area contributed by atoms with Crippen LogP contribution in [0.5, 0.6) is 0 Å². The molecule has 15 heavy (non-hydrogen) atoms. The standard InChI is InChI=1S/C8H11BrO6/c9-1-5(11)15-8(12)3-14-6-4(10)2-13-7(6)8/h4,6-7,10,12H,1-3H2/t4-,6-,7+,8+/m1/s1. The van der Waals surface area contributed by atoms with Crippen molar-refractivity contribution in [3.63, 3.8) is 0 Å². The van der Waals surface area contributed by atoms with Crippen molar-refractivity contribution in [3.8, 4) is 0 Å². The second-order valence-corrected chi connectivity index (χ2v) is 4.11. The van der Waals surface area contributed by atoms with E-state index < -0.39 is 30.1 Å². The summed E-state index contributed by atoms with van der Waals surface area (Å²) in [4.78, 5) is 11.0. The zero-order valence-corrected chi connectivity index (χ0v) is 9.34. The van der Waals surface area contributed by atoms with E-state index in [9.17, 15) is 15.0 Å². The summed E-state index contributed by atoms with van der Waals surface area (Å²) >= 11 is 2.91. The van der Waals surface area contributed by atoms with Gasteiger partial charge in [0.15, 0.2) is 6.10 Å². The Balaban J connectivity index is 2.07. The van der Waals surface area contributed by atoms with Gasteiger partial charge in [0.1, 0.15) is 24.1 Å². The lowest BCUT2D eigenvalue weighted by Crippen LogP contribution is -2.47. The quantitative estimate of drug-likeness (QED) is 0.375. The SMILES string of the molecule is O=C(CBr)O[C@@]1(O)CO[C@@H]2[C@H](O)CO[C@@H]21. The Morgan fingerprint density at radius 1 is 1.60 bits per heavy atom. The van der Waals surface area contributed by atoms with Crippen molar-refractivity contribution in [3.05, 3.63) is 0 Å². The number of rotatable bonds is 2. The first-order valence-corrected chi connectivity index (χ1v) is 5.60. The fourth-order valence-corrected chi connectivity index (χ4v) is 1.90. The highest BCUT2D eigenvalue weighted by Gasteiger charge is 2.58. The zero-order chi connectivity index (χ0) is 11.1. The van der Waals surface area contributed by atoms with Gasteiger partial charge in [0, 0.05) is 0 Å². The Hall–Kier alpha value is -0.210. The molecule has 0 aromatic heterocycles. The van der Waals surface area contributed by atoms with Gasteiger partial charge in [0.25, 0.3) is 5.79 Å². The molecule has 2 aliphatic rings. The van der Waals surface area contributed by atoms with Gasteiger partial charge in [0.2, 0.25) is 0 Å². The predicted octanol–water partition coefficient (Wildman–Crippen LogP) is -1.23. The molecule has 0 saturated carbocycles. The summed E-state index contributed by atoms with van der Waals surface area (Å²) in [5.74, 6) is -2.39. The molecule has 2 rings (SSSR count). The maximum atomic E-state index is 11.0. The topological polar surface area (TPSA) is 85.2 Å². The van der Waals surface area contributed by atoms with Gasteiger partial charge >= 0.3 is 5.97 Å². The number of esters is 1. The molecule has 2 heterocycles. The number of hydrogen-bond acceptors (Lipinski definition) is 6. The van der Waals surface area contributed by atoms with Crippen LogP contribution in [-0.2, 0) is 19.0 Å². The number of halogens is 1. The second-order valence-electron chi connectivity index (χ2n) is 3.55. The average molecular weight is 283 g/mol. The number of carbonyl (C=O) groups excluding carboxylic acids is 1. The van der Waals surface area contributed by atoms with Crippen LogP contribution in [0, 0.1) is 0 Å². The highest BCUT2D eigenvalue weighted by Crippen LogP contribution is 2.35. The van der Waals surface area contributed by atoms with Gasteiger partial charge in [-0.25, -0.2) is 0 Å². The lowest BCUT2D eigenvalue weighted by Gasteiger charge is -2.25. The van der Waals surface area contributed by atoms with E-state index in [0.29, 0.717) is 0 Å². The maximum absolute atomic E-state index is 11.0. The molecule has 0 spiro atoms. The van der Waals surface area contributed by atoms with Gasteiger partial charge < -0.3 is 24.4 Å². The van der Waals surface area contributed by atoms with Gasteiger partial charge in [-0.3, -0.25) is 4.79 Å². The maximum Gasteiger partial charge on any atom is 0.319 e. The molecule has 0 aromatic carbocycles. The highest BCUT2D eigenvalue weighted by atomic mass is 79.9. The van der Waals surface area contributed by atoms with E-state index in [1.54, 1.807) is 0 Å². The van der Waals surface area contributed by atoms with Gasteiger partial charge in [-0.2, -0.15) is 0 Å². The number of aliphatic hydroxyl groups is 2. The first-order valence-electron chi connectivity index (χ1n) is 4.48. The number of aliphatic hydroxyl groups excluding tert-OH is 1. The Kier molecular flexibility index (Phi) is 3.00. The molecule has 86 valence electrons. The highest BCUT2D eigenvalue weighted by molar-refractivity contribution is 9.09. The predicted molar refractivity (Wildman–Crippen MR) is 50.3 cm³/mol. The Morgan fingerprint density at radius 2 is 2.33 bits per heavy atom. The van der Waals surface area contributed by atoms with Crippen LogP contribution in [0.15, 0.2) is 0 Å². The van der Waals surface area contributed by atoms with E-state index >= 15 is 0 Å². The summed E-state index contributed by atoms with van der Waals surface area (Å²) in [6.07, 6.45) is -2.22. The summed E-state index contributed by atoms with van der Waals surface area (Å²) in [7, 11) is 0. The number of fused-ring (bicyclic) bond motifs is 1. The van der Waals surface area contributed by atoms with Crippen molar-refractivity contribution in [2.24, 2.45) is 0 Å². The number of alkyl halides is 1. The van der Waals surface area contributed by atoms with E-state index in [1.165, 1.54) is 0 Å². The van der Waals surface area contributed by atoms with Crippen molar-refractivity contribution in [2.45, 2.75) is 24.1 Å². The molecule has 2 aliphatic heterocycles. The van der Waals surface area contributed by atoms with Gasteiger partial charge in [-0.1, -0.05) is 15.9 Å². The summed E-state index contributed by atoms with van der Waals surface area (Å²) in [5.41, 5.74) is 0. The molecule has 0 aliphatic carbocycles. The zero-order valence-electron chi connectivity index (χ0n) is 7.76. The third kappa shape index (κ3) is 1.90. The normalized spacial score (nSPS) is 44.1. The minimum atomic E-state index is -1.78. The third-order valence-electron chi connectivity index (χ3n) is 2.45. The first-order chi connectivity index (χ1) is 7.07. The van der Waals surface area contributed by atoms with Crippen molar-refractivity contribution < 1.29 is 29.2 Å². The molecule has 6 nitrogen and oxygen atoms in total.